The Balaban J connectivity index is 1.45. The number of aromatic nitrogens is 3. The molecule has 4 heterocycles. The van der Waals surface area contributed by atoms with E-state index in [2.05, 4.69) is 69.4 Å². The molecule has 1 aliphatic rings. The van der Waals surface area contributed by atoms with E-state index in [1.807, 2.05) is 18.2 Å². The van der Waals surface area contributed by atoms with Crippen LogP contribution in [0.1, 0.15) is 12.2 Å². The van der Waals surface area contributed by atoms with Crippen molar-refractivity contribution in [3.63, 3.8) is 0 Å². The first kappa shape index (κ1) is 23.5. The van der Waals surface area contributed by atoms with Crippen LogP contribution in [-0.2, 0) is 11.3 Å². The maximum absolute atomic E-state index is 5.77. The number of hydrogen-bond acceptors (Lipinski definition) is 6. The number of nitrogens with zero attached hydrogens (tertiary/aromatic N) is 4. The molecule has 7 heteroatoms. The quantitative estimate of drug-likeness (QED) is 0.272. The number of nitrogens with one attached hydrogen (secondary N) is 1. The Morgan fingerprint density at radius 1 is 0.838 bits per heavy atom. The fraction of sp³-hybridized carbons (Fsp3) is 0.267. The fourth-order valence-corrected chi connectivity index (χ4v) is 5.13. The molecular weight excluding hydrogens is 462 g/mol. The van der Waals surface area contributed by atoms with Crippen LogP contribution in [-0.4, -0.2) is 58.8 Å². The molecule has 1 aliphatic heterocycles. The second kappa shape index (κ2) is 11.0. The Morgan fingerprint density at radius 2 is 1.59 bits per heavy atom. The average molecular weight is 494 g/mol. The van der Waals surface area contributed by atoms with E-state index in [0.29, 0.717) is 6.54 Å². The summed E-state index contributed by atoms with van der Waals surface area (Å²) in [6.07, 6.45) is 4.41. The van der Waals surface area contributed by atoms with Gasteiger partial charge in [0.1, 0.15) is 23.6 Å². The van der Waals surface area contributed by atoms with Gasteiger partial charge in [0.2, 0.25) is 0 Å². The van der Waals surface area contributed by atoms with Crippen molar-refractivity contribution in [2.24, 2.45) is 0 Å². The van der Waals surface area contributed by atoms with Gasteiger partial charge in [0, 0.05) is 25.2 Å². The van der Waals surface area contributed by atoms with Gasteiger partial charge in [-0.3, -0.25) is 4.90 Å². The molecule has 0 unspecified atom stereocenters. The number of ether oxygens (including phenoxy) is 1. The van der Waals surface area contributed by atoms with Crippen molar-refractivity contribution in [2.45, 2.75) is 13.0 Å². The number of fused-ring (bicyclic) bond motifs is 1. The van der Waals surface area contributed by atoms with E-state index in [9.17, 15) is 0 Å². The molecule has 0 atom stereocenters. The molecular formula is C30H31N5O2. The number of anilines is 1. The third-order valence-corrected chi connectivity index (χ3v) is 6.89. The van der Waals surface area contributed by atoms with Gasteiger partial charge in [0.25, 0.3) is 0 Å². The Morgan fingerprint density at radius 3 is 2.32 bits per heavy atom. The molecule has 0 radical (unpaired) electrons. The van der Waals surface area contributed by atoms with Crippen molar-refractivity contribution in [3.05, 3.63) is 91.1 Å². The van der Waals surface area contributed by atoms with E-state index in [1.165, 1.54) is 0 Å². The minimum atomic E-state index is 0.577. The summed E-state index contributed by atoms with van der Waals surface area (Å²) in [7, 11) is 0. The molecule has 2 aromatic carbocycles. The zero-order chi connectivity index (χ0) is 24.9. The van der Waals surface area contributed by atoms with Crippen LogP contribution in [0.5, 0.6) is 0 Å². The molecule has 6 rings (SSSR count). The van der Waals surface area contributed by atoms with Crippen LogP contribution in [0.15, 0.2) is 89.8 Å². The Labute approximate surface area is 216 Å². The van der Waals surface area contributed by atoms with Gasteiger partial charge >= 0.3 is 0 Å². The van der Waals surface area contributed by atoms with Gasteiger partial charge < -0.3 is 19.0 Å². The standard InChI is InChI=1S/C30H31N5O2/c1-3-9-23(10-4-1)26-27-29(31-14-8-15-34-16-19-36-20-17-34)32-22-33-30(27)35(21-25-13-7-18-37-25)28(26)24-11-5-2-6-12-24/h1-7,9-13,18,22H,8,14-17,19-21H2,(H,31,32,33). The SMILES string of the molecule is c1ccc(-c2c(-c3ccccc3)n(Cc3ccco3)c3ncnc(NCCCN4CCOCC4)c23)cc1. The lowest BCUT2D eigenvalue weighted by atomic mass is 9.99. The van der Waals surface area contributed by atoms with Crippen molar-refractivity contribution < 1.29 is 9.15 Å². The summed E-state index contributed by atoms with van der Waals surface area (Å²) in [4.78, 5) is 12.0. The summed E-state index contributed by atoms with van der Waals surface area (Å²) in [6, 6.07) is 25.0. The van der Waals surface area contributed by atoms with E-state index < -0.39 is 0 Å². The van der Waals surface area contributed by atoms with Gasteiger partial charge in [0.05, 0.1) is 37.1 Å². The molecule has 0 spiro atoms. The molecule has 37 heavy (non-hydrogen) atoms. The van der Waals surface area contributed by atoms with Gasteiger partial charge in [-0.1, -0.05) is 60.7 Å². The number of hydrogen-bond donors (Lipinski definition) is 1. The highest BCUT2D eigenvalue weighted by atomic mass is 16.5. The molecule has 1 fully saturated rings. The lowest BCUT2D eigenvalue weighted by Gasteiger charge is -2.26. The first-order chi connectivity index (χ1) is 18.4. The molecule has 3 aromatic heterocycles. The molecule has 188 valence electrons. The van der Waals surface area contributed by atoms with E-state index >= 15 is 0 Å². The second-order valence-electron chi connectivity index (χ2n) is 9.28. The number of furan rings is 1. The van der Waals surface area contributed by atoms with Gasteiger partial charge in [-0.25, -0.2) is 9.97 Å². The summed E-state index contributed by atoms with van der Waals surface area (Å²) in [5.74, 6) is 1.74. The van der Waals surface area contributed by atoms with Crippen LogP contribution in [0.2, 0.25) is 0 Å². The highest BCUT2D eigenvalue weighted by Crippen LogP contribution is 2.43. The molecule has 5 aromatic rings. The van der Waals surface area contributed by atoms with Crippen LogP contribution in [0.4, 0.5) is 5.82 Å². The number of morpholine rings is 1. The van der Waals surface area contributed by atoms with E-state index in [1.54, 1.807) is 12.6 Å². The van der Waals surface area contributed by atoms with Crippen LogP contribution in [0, 0.1) is 0 Å². The highest BCUT2D eigenvalue weighted by Gasteiger charge is 2.24. The van der Waals surface area contributed by atoms with Crippen LogP contribution in [0.3, 0.4) is 0 Å². The molecule has 1 saturated heterocycles. The lowest BCUT2D eigenvalue weighted by Crippen LogP contribution is -2.37. The van der Waals surface area contributed by atoms with Crippen molar-refractivity contribution >= 4 is 16.9 Å². The largest absolute Gasteiger partial charge is 0.467 e. The van der Waals surface area contributed by atoms with Crippen LogP contribution >= 0.6 is 0 Å². The predicted molar refractivity (Wildman–Crippen MR) is 147 cm³/mol. The van der Waals surface area contributed by atoms with Crippen molar-refractivity contribution in [1.29, 1.82) is 0 Å². The minimum absolute atomic E-state index is 0.577. The van der Waals surface area contributed by atoms with E-state index in [-0.39, 0.29) is 0 Å². The van der Waals surface area contributed by atoms with Gasteiger partial charge in [-0.05, 0) is 36.2 Å². The third kappa shape index (κ3) is 5.01. The summed E-state index contributed by atoms with van der Waals surface area (Å²) in [5, 5.41) is 4.68. The molecule has 1 N–H and O–H groups in total. The summed E-state index contributed by atoms with van der Waals surface area (Å²) in [5.41, 5.74) is 5.39. The van der Waals surface area contributed by atoms with Gasteiger partial charge in [-0.15, -0.1) is 0 Å². The lowest BCUT2D eigenvalue weighted by molar-refractivity contribution is 0.0378. The molecule has 0 saturated carbocycles. The van der Waals surface area contributed by atoms with Crippen molar-refractivity contribution in [2.75, 3.05) is 44.7 Å². The minimum Gasteiger partial charge on any atom is -0.467 e. The molecule has 0 aliphatic carbocycles. The second-order valence-corrected chi connectivity index (χ2v) is 9.28. The Kier molecular flexibility index (Phi) is 6.97. The Bertz CT molecular complexity index is 1430. The molecule has 0 bridgehead atoms. The topological polar surface area (TPSA) is 68.4 Å². The van der Waals surface area contributed by atoms with Gasteiger partial charge in [0.15, 0.2) is 0 Å². The first-order valence-electron chi connectivity index (χ1n) is 12.9. The zero-order valence-corrected chi connectivity index (χ0v) is 20.8. The average Bonchev–Trinajstić information content (AvgIpc) is 3.59. The van der Waals surface area contributed by atoms with E-state index in [4.69, 9.17) is 19.1 Å². The normalized spacial score (nSPS) is 14.3. The summed E-state index contributed by atoms with van der Waals surface area (Å²) >= 11 is 0. The maximum Gasteiger partial charge on any atom is 0.147 e. The smallest absolute Gasteiger partial charge is 0.147 e. The molecule has 0 amide bonds. The number of rotatable bonds is 9. The first-order valence-corrected chi connectivity index (χ1v) is 12.9. The maximum atomic E-state index is 5.77. The summed E-state index contributed by atoms with van der Waals surface area (Å²) < 4.78 is 13.5. The Hall–Kier alpha value is -3.94. The van der Waals surface area contributed by atoms with Crippen molar-refractivity contribution in [1.82, 2.24) is 19.4 Å². The summed E-state index contributed by atoms with van der Waals surface area (Å²) in [6.45, 7) is 6.12. The van der Waals surface area contributed by atoms with Gasteiger partial charge in [-0.2, -0.15) is 0 Å². The van der Waals surface area contributed by atoms with E-state index in [0.717, 1.165) is 90.8 Å². The highest BCUT2D eigenvalue weighted by molar-refractivity contribution is 6.08. The molecule has 7 nitrogen and oxygen atoms in total. The van der Waals surface area contributed by atoms with Crippen LogP contribution in [0.25, 0.3) is 33.4 Å². The van der Waals surface area contributed by atoms with Crippen LogP contribution < -0.4 is 5.32 Å². The van der Waals surface area contributed by atoms with Crippen molar-refractivity contribution in [3.8, 4) is 22.4 Å². The zero-order valence-electron chi connectivity index (χ0n) is 20.8. The third-order valence-electron chi connectivity index (χ3n) is 6.89. The predicted octanol–water partition coefficient (Wildman–Crippen LogP) is 5.54. The fourth-order valence-electron chi connectivity index (χ4n) is 5.13. The number of benzene rings is 2. The monoisotopic (exact) mass is 493 g/mol.